The van der Waals surface area contributed by atoms with E-state index in [2.05, 4.69) is 15.9 Å². The SMILES string of the molecule is O=[N+]([O-])c1ccc(SCCOc2cccc(Br)c2)cc1. The first-order chi connectivity index (χ1) is 9.65. The fourth-order valence-corrected chi connectivity index (χ4v) is 2.65. The highest BCUT2D eigenvalue weighted by Gasteiger charge is 2.04. The van der Waals surface area contributed by atoms with Crippen LogP contribution in [0.25, 0.3) is 0 Å². The fraction of sp³-hybridized carbons (Fsp3) is 0.143. The third-order valence-corrected chi connectivity index (χ3v) is 3.93. The lowest BCUT2D eigenvalue weighted by molar-refractivity contribution is -0.384. The fourth-order valence-electron chi connectivity index (χ4n) is 1.54. The van der Waals surface area contributed by atoms with Crippen LogP contribution in [0.1, 0.15) is 0 Å². The number of hydrogen-bond donors (Lipinski definition) is 0. The minimum Gasteiger partial charge on any atom is -0.493 e. The van der Waals surface area contributed by atoms with Gasteiger partial charge >= 0.3 is 0 Å². The molecule has 0 saturated carbocycles. The second-order valence-electron chi connectivity index (χ2n) is 3.91. The van der Waals surface area contributed by atoms with Gasteiger partial charge in [-0.25, -0.2) is 0 Å². The second-order valence-corrected chi connectivity index (χ2v) is 5.99. The normalized spacial score (nSPS) is 10.2. The molecule has 0 amide bonds. The molecular formula is C14H12BrNO3S. The Kier molecular flexibility index (Phi) is 5.43. The summed E-state index contributed by atoms with van der Waals surface area (Å²) in [7, 11) is 0. The number of nitro groups is 1. The number of benzene rings is 2. The summed E-state index contributed by atoms with van der Waals surface area (Å²) in [5, 5.41) is 10.5. The number of hydrogen-bond acceptors (Lipinski definition) is 4. The predicted molar refractivity (Wildman–Crippen MR) is 83.5 cm³/mol. The van der Waals surface area contributed by atoms with E-state index in [1.807, 2.05) is 24.3 Å². The van der Waals surface area contributed by atoms with Crippen LogP contribution >= 0.6 is 27.7 Å². The van der Waals surface area contributed by atoms with Crippen LogP contribution in [0, 0.1) is 10.1 Å². The first-order valence-electron chi connectivity index (χ1n) is 5.91. The topological polar surface area (TPSA) is 52.4 Å². The lowest BCUT2D eigenvalue weighted by Gasteiger charge is -2.06. The zero-order valence-corrected chi connectivity index (χ0v) is 12.9. The number of nitrogens with zero attached hydrogens (tertiary/aromatic N) is 1. The van der Waals surface area contributed by atoms with E-state index < -0.39 is 4.92 Å². The van der Waals surface area contributed by atoms with Crippen molar-refractivity contribution in [3.8, 4) is 5.75 Å². The number of thioether (sulfide) groups is 1. The second kappa shape index (κ2) is 7.31. The van der Waals surface area contributed by atoms with Gasteiger partial charge in [0.1, 0.15) is 5.75 Å². The summed E-state index contributed by atoms with van der Waals surface area (Å²) in [5.41, 5.74) is 0.111. The maximum Gasteiger partial charge on any atom is 0.269 e. The molecule has 0 bridgehead atoms. The third kappa shape index (κ3) is 4.54. The standard InChI is InChI=1S/C14H12BrNO3S/c15-11-2-1-3-13(10-11)19-8-9-20-14-6-4-12(5-7-14)16(17)18/h1-7,10H,8-9H2. The molecule has 2 rings (SSSR count). The van der Waals surface area contributed by atoms with E-state index in [1.54, 1.807) is 23.9 Å². The molecule has 2 aromatic rings. The molecule has 0 fully saturated rings. The van der Waals surface area contributed by atoms with E-state index >= 15 is 0 Å². The van der Waals surface area contributed by atoms with Crippen molar-refractivity contribution in [3.05, 3.63) is 63.1 Å². The van der Waals surface area contributed by atoms with E-state index in [1.165, 1.54) is 12.1 Å². The van der Waals surface area contributed by atoms with Crippen molar-refractivity contribution >= 4 is 33.4 Å². The molecule has 0 aromatic heterocycles. The lowest BCUT2D eigenvalue weighted by atomic mass is 10.3. The monoisotopic (exact) mass is 353 g/mol. The molecule has 4 nitrogen and oxygen atoms in total. The Hall–Kier alpha value is -1.53. The summed E-state index contributed by atoms with van der Waals surface area (Å²) in [4.78, 5) is 11.1. The first-order valence-corrected chi connectivity index (χ1v) is 7.68. The molecular weight excluding hydrogens is 342 g/mol. The largest absolute Gasteiger partial charge is 0.493 e. The molecule has 2 aromatic carbocycles. The zero-order valence-electron chi connectivity index (χ0n) is 10.5. The van der Waals surface area contributed by atoms with E-state index in [0.29, 0.717) is 6.61 Å². The average Bonchev–Trinajstić information content (AvgIpc) is 2.44. The summed E-state index contributed by atoms with van der Waals surface area (Å²) in [6.45, 7) is 0.581. The van der Waals surface area contributed by atoms with E-state index in [9.17, 15) is 10.1 Å². The van der Waals surface area contributed by atoms with Gasteiger partial charge in [0.2, 0.25) is 0 Å². The average molecular weight is 354 g/mol. The van der Waals surface area contributed by atoms with Crippen LogP contribution in [0.5, 0.6) is 5.75 Å². The Balaban J connectivity index is 1.77. The van der Waals surface area contributed by atoms with Crippen LogP contribution in [0.15, 0.2) is 57.9 Å². The van der Waals surface area contributed by atoms with Gasteiger partial charge in [-0.1, -0.05) is 22.0 Å². The highest BCUT2D eigenvalue weighted by Crippen LogP contribution is 2.22. The van der Waals surface area contributed by atoms with Crippen LogP contribution in [0.3, 0.4) is 0 Å². The van der Waals surface area contributed by atoms with Gasteiger partial charge in [-0.15, -0.1) is 11.8 Å². The van der Waals surface area contributed by atoms with Gasteiger partial charge < -0.3 is 4.74 Å². The summed E-state index contributed by atoms with van der Waals surface area (Å²) in [6.07, 6.45) is 0. The Morgan fingerprint density at radius 2 is 1.95 bits per heavy atom. The Morgan fingerprint density at radius 3 is 2.60 bits per heavy atom. The van der Waals surface area contributed by atoms with Crippen LogP contribution < -0.4 is 4.74 Å². The van der Waals surface area contributed by atoms with Gasteiger partial charge in [-0.3, -0.25) is 10.1 Å². The van der Waals surface area contributed by atoms with Gasteiger partial charge in [-0.2, -0.15) is 0 Å². The molecule has 0 aliphatic carbocycles. The van der Waals surface area contributed by atoms with Crippen LogP contribution in [-0.4, -0.2) is 17.3 Å². The van der Waals surface area contributed by atoms with Crippen LogP contribution in [0.4, 0.5) is 5.69 Å². The summed E-state index contributed by atoms with van der Waals surface area (Å²) in [5.74, 6) is 1.60. The van der Waals surface area contributed by atoms with Crippen LogP contribution in [0.2, 0.25) is 0 Å². The summed E-state index contributed by atoms with van der Waals surface area (Å²) >= 11 is 4.99. The molecule has 0 radical (unpaired) electrons. The van der Waals surface area contributed by atoms with Crippen molar-refractivity contribution < 1.29 is 9.66 Å². The van der Waals surface area contributed by atoms with Crippen molar-refractivity contribution in [3.63, 3.8) is 0 Å². The highest BCUT2D eigenvalue weighted by molar-refractivity contribution is 9.10. The molecule has 104 valence electrons. The minimum atomic E-state index is -0.398. The van der Waals surface area contributed by atoms with Crippen molar-refractivity contribution in [2.45, 2.75) is 4.90 Å². The first kappa shape index (κ1) is 14.9. The van der Waals surface area contributed by atoms with Gasteiger partial charge in [0.25, 0.3) is 5.69 Å². The van der Waals surface area contributed by atoms with Gasteiger partial charge in [-0.05, 0) is 30.3 Å². The van der Waals surface area contributed by atoms with Gasteiger partial charge in [0, 0.05) is 27.3 Å². The van der Waals surface area contributed by atoms with Crippen molar-refractivity contribution in [2.75, 3.05) is 12.4 Å². The third-order valence-electron chi connectivity index (χ3n) is 2.46. The number of ether oxygens (including phenoxy) is 1. The van der Waals surface area contributed by atoms with Crippen molar-refractivity contribution in [1.82, 2.24) is 0 Å². The summed E-state index contributed by atoms with van der Waals surface area (Å²) in [6, 6.07) is 14.2. The van der Waals surface area contributed by atoms with E-state index in [0.717, 1.165) is 20.9 Å². The quantitative estimate of drug-likeness (QED) is 0.331. The lowest BCUT2D eigenvalue weighted by Crippen LogP contribution is -1.99. The zero-order chi connectivity index (χ0) is 14.4. The maximum atomic E-state index is 10.5. The van der Waals surface area contributed by atoms with Gasteiger partial charge in [0.05, 0.1) is 11.5 Å². The molecule has 0 atom stereocenters. The molecule has 0 heterocycles. The Labute approximate surface area is 129 Å². The minimum absolute atomic E-state index is 0.111. The van der Waals surface area contributed by atoms with Crippen molar-refractivity contribution in [2.24, 2.45) is 0 Å². The number of nitro benzene ring substituents is 1. The molecule has 0 spiro atoms. The molecule has 20 heavy (non-hydrogen) atoms. The van der Waals surface area contributed by atoms with Gasteiger partial charge in [0.15, 0.2) is 0 Å². The molecule has 0 aliphatic rings. The maximum absolute atomic E-state index is 10.5. The number of rotatable bonds is 6. The molecule has 0 N–H and O–H groups in total. The molecule has 0 saturated heterocycles. The predicted octanol–water partition coefficient (Wildman–Crippen LogP) is 4.53. The highest BCUT2D eigenvalue weighted by atomic mass is 79.9. The molecule has 6 heteroatoms. The Morgan fingerprint density at radius 1 is 1.20 bits per heavy atom. The van der Waals surface area contributed by atoms with E-state index in [4.69, 9.17) is 4.74 Å². The Bertz CT molecular complexity index is 589. The number of halogens is 1. The van der Waals surface area contributed by atoms with Crippen molar-refractivity contribution in [1.29, 1.82) is 0 Å². The molecule has 0 unspecified atom stereocenters. The smallest absolute Gasteiger partial charge is 0.269 e. The molecule has 0 aliphatic heterocycles. The van der Waals surface area contributed by atoms with Crippen LogP contribution in [-0.2, 0) is 0 Å². The summed E-state index contributed by atoms with van der Waals surface area (Å²) < 4.78 is 6.60. The van der Waals surface area contributed by atoms with E-state index in [-0.39, 0.29) is 5.69 Å². The number of non-ortho nitro benzene ring substituents is 1.